The first-order valence-corrected chi connectivity index (χ1v) is 8.07. The largest absolute Gasteiger partial charge is 0.315 e. The molecule has 1 aromatic carbocycles. The Morgan fingerprint density at radius 3 is 2.44 bits per heavy atom. The molecule has 0 bridgehead atoms. The predicted molar refractivity (Wildman–Crippen MR) is 83.3 cm³/mol. The third-order valence-electron chi connectivity index (χ3n) is 3.03. The van der Waals surface area contributed by atoms with Gasteiger partial charge in [-0.05, 0) is 18.7 Å². The van der Waals surface area contributed by atoms with Crippen LogP contribution in [0.25, 0.3) is 0 Å². The highest BCUT2D eigenvalue weighted by Gasteiger charge is 1.97. The molecule has 0 fully saturated rings. The molecule has 0 spiro atoms. The zero-order valence-electron chi connectivity index (χ0n) is 11.7. The third-order valence-corrected chi connectivity index (χ3v) is 4.06. The summed E-state index contributed by atoms with van der Waals surface area (Å²) in [5.41, 5.74) is 1.42. The van der Waals surface area contributed by atoms with Gasteiger partial charge in [-0.1, -0.05) is 44.2 Å². The van der Waals surface area contributed by atoms with E-state index >= 15 is 0 Å². The van der Waals surface area contributed by atoms with E-state index < -0.39 is 0 Å². The molecule has 0 aliphatic rings. The minimum atomic E-state index is 1.10. The van der Waals surface area contributed by atoms with Crippen molar-refractivity contribution in [2.75, 3.05) is 38.5 Å². The highest BCUT2D eigenvalue weighted by atomic mass is 32.2. The van der Waals surface area contributed by atoms with E-state index in [-0.39, 0.29) is 0 Å². The van der Waals surface area contributed by atoms with Gasteiger partial charge in [0.15, 0.2) is 0 Å². The maximum absolute atomic E-state index is 3.51. The highest BCUT2D eigenvalue weighted by Crippen LogP contribution is 2.10. The summed E-state index contributed by atoms with van der Waals surface area (Å²) >= 11 is 2.00. The number of nitrogens with zero attached hydrogens (tertiary/aromatic N) is 1. The Balaban J connectivity index is 1.93. The second-order valence-electron chi connectivity index (χ2n) is 4.32. The number of benzene rings is 1. The van der Waals surface area contributed by atoms with Crippen LogP contribution in [0, 0.1) is 0 Å². The molecule has 1 aromatic rings. The average Bonchev–Trinajstić information content (AvgIpc) is 2.43. The first kappa shape index (κ1) is 15.5. The van der Waals surface area contributed by atoms with Crippen molar-refractivity contribution in [3.8, 4) is 0 Å². The van der Waals surface area contributed by atoms with E-state index in [0.717, 1.165) is 38.5 Å². The summed E-state index contributed by atoms with van der Waals surface area (Å²) in [6.07, 6.45) is 0. The van der Waals surface area contributed by atoms with Crippen molar-refractivity contribution in [3.63, 3.8) is 0 Å². The molecule has 0 aliphatic heterocycles. The minimum Gasteiger partial charge on any atom is -0.315 e. The van der Waals surface area contributed by atoms with Crippen LogP contribution in [0.5, 0.6) is 0 Å². The fourth-order valence-corrected chi connectivity index (χ4v) is 2.67. The fraction of sp³-hybridized carbons (Fsp3) is 0.600. The molecule has 0 unspecified atom stereocenters. The van der Waals surface area contributed by atoms with Crippen LogP contribution >= 0.6 is 11.8 Å². The van der Waals surface area contributed by atoms with E-state index in [9.17, 15) is 0 Å². The molecule has 0 atom stereocenters. The molecule has 0 saturated carbocycles. The minimum absolute atomic E-state index is 1.10. The molecule has 2 nitrogen and oxygen atoms in total. The van der Waals surface area contributed by atoms with Crippen molar-refractivity contribution in [1.82, 2.24) is 10.2 Å². The Bertz CT molecular complexity index is 286. The van der Waals surface area contributed by atoms with E-state index in [4.69, 9.17) is 0 Å². The van der Waals surface area contributed by atoms with Gasteiger partial charge in [-0.3, -0.25) is 0 Å². The highest BCUT2D eigenvalue weighted by molar-refractivity contribution is 7.98. The molecule has 1 rings (SSSR count). The lowest BCUT2D eigenvalue weighted by Gasteiger charge is -2.17. The Morgan fingerprint density at radius 1 is 1.06 bits per heavy atom. The zero-order chi connectivity index (χ0) is 13.1. The Labute approximate surface area is 116 Å². The van der Waals surface area contributed by atoms with Crippen molar-refractivity contribution < 1.29 is 0 Å². The summed E-state index contributed by atoms with van der Waals surface area (Å²) in [5.74, 6) is 2.31. The van der Waals surface area contributed by atoms with Crippen molar-refractivity contribution >= 4 is 11.8 Å². The lowest BCUT2D eigenvalue weighted by atomic mass is 10.2. The number of hydrogen-bond donors (Lipinski definition) is 1. The van der Waals surface area contributed by atoms with Gasteiger partial charge in [-0.25, -0.2) is 0 Å². The fourth-order valence-electron chi connectivity index (χ4n) is 1.81. The normalized spacial score (nSPS) is 11.1. The Hall–Kier alpha value is -0.510. The number of likely N-dealkylation sites (N-methyl/N-ethyl adjacent to an activating group) is 1. The second kappa shape index (κ2) is 10.4. The molecule has 0 radical (unpaired) electrons. The molecular formula is C15H26N2S. The second-order valence-corrected chi connectivity index (χ2v) is 5.42. The summed E-state index contributed by atoms with van der Waals surface area (Å²) in [6, 6.07) is 10.7. The van der Waals surface area contributed by atoms with Gasteiger partial charge in [-0.15, -0.1) is 0 Å². The standard InChI is InChI=1S/C15H26N2S/c1-3-17(4-2)12-10-16-11-13-18-14-15-8-6-5-7-9-15/h5-9,16H,3-4,10-14H2,1-2H3. The summed E-state index contributed by atoms with van der Waals surface area (Å²) in [4.78, 5) is 2.45. The molecule has 3 heteroatoms. The van der Waals surface area contributed by atoms with Crippen LogP contribution in [0.3, 0.4) is 0 Å². The molecular weight excluding hydrogens is 240 g/mol. The van der Waals surface area contributed by atoms with Crippen LogP contribution in [-0.2, 0) is 5.75 Å². The van der Waals surface area contributed by atoms with Crippen LogP contribution < -0.4 is 5.32 Å². The van der Waals surface area contributed by atoms with E-state index in [1.807, 2.05) is 11.8 Å². The van der Waals surface area contributed by atoms with Gasteiger partial charge in [0.05, 0.1) is 0 Å². The van der Waals surface area contributed by atoms with E-state index in [1.165, 1.54) is 11.3 Å². The molecule has 0 aliphatic carbocycles. The Kier molecular flexibility index (Phi) is 9.00. The predicted octanol–water partition coefficient (Wildman–Crippen LogP) is 2.85. The van der Waals surface area contributed by atoms with Gasteiger partial charge < -0.3 is 10.2 Å². The van der Waals surface area contributed by atoms with Gasteiger partial charge in [0.2, 0.25) is 0 Å². The number of hydrogen-bond acceptors (Lipinski definition) is 3. The van der Waals surface area contributed by atoms with Gasteiger partial charge in [0.1, 0.15) is 0 Å². The van der Waals surface area contributed by atoms with Crippen LogP contribution in [-0.4, -0.2) is 43.4 Å². The molecule has 1 N–H and O–H groups in total. The monoisotopic (exact) mass is 266 g/mol. The third kappa shape index (κ3) is 7.04. The molecule has 0 aromatic heterocycles. The average molecular weight is 266 g/mol. The lowest BCUT2D eigenvalue weighted by molar-refractivity contribution is 0.303. The summed E-state index contributed by atoms with van der Waals surface area (Å²) in [7, 11) is 0. The number of nitrogens with one attached hydrogen (secondary N) is 1. The zero-order valence-corrected chi connectivity index (χ0v) is 12.5. The summed E-state index contributed by atoms with van der Waals surface area (Å²) < 4.78 is 0. The smallest absolute Gasteiger partial charge is 0.0185 e. The first-order valence-electron chi connectivity index (χ1n) is 6.91. The maximum atomic E-state index is 3.51. The van der Waals surface area contributed by atoms with Crippen molar-refractivity contribution in [2.45, 2.75) is 19.6 Å². The van der Waals surface area contributed by atoms with E-state index in [0.29, 0.717) is 0 Å². The van der Waals surface area contributed by atoms with Crippen LogP contribution in [0.4, 0.5) is 0 Å². The number of rotatable bonds is 10. The van der Waals surface area contributed by atoms with Gasteiger partial charge >= 0.3 is 0 Å². The molecule has 0 amide bonds. The van der Waals surface area contributed by atoms with E-state index in [2.05, 4.69) is 54.4 Å². The van der Waals surface area contributed by atoms with Crippen molar-refractivity contribution in [3.05, 3.63) is 35.9 Å². The van der Waals surface area contributed by atoms with Crippen molar-refractivity contribution in [2.24, 2.45) is 0 Å². The molecule has 0 heterocycles. The molecule has 102 valence electrons. The van der Waals surface area contributed by atoms with Crippen LogP contribution in [0.1, 0.15) is 19.4 Å². The topological polar surface area (TPSA) is 15.3 Å². The SMILES string of the molecule is CCN(CC)CCNCCSCc1ccccc1. The Morgan fingerprint density at radius 2 is 1.78 bits per heavy atom. The quantitative estimate of drug-likeness (QED) is 0.656. The van der Waals surface area contributed by atoms with Gasteiger partial charge in [0, 0.05) is 31.1 Å². The summed E-state index contributed by atoms with van der Waals surface area (Å²) in [5, 5.41) is 3.51. The first-order chi connectivity index (χ1) is 8.86. The number of thioether (sulfide) groups is 1. The van der Waals surface area contributed by atoms with Gasteiger partial charge in [-0.2, -0.15) is 11.8 Å². The van der Waals surface area contributed by atoms with Crippen LogP contribution in [0.2, 0.25) is 0 Å². The molecule has 18 heavy (non-hydrogen) atoms. The lowest BCUT2D eigenvalue weighted by Crippen LogP contribution is -2.32. The molecule has 0 saturated heterocycles. The van der Waals surface area contributed by atoms with Crippen LogP contribution in [0.15, 0.2) is 30.3 Å². The van der Waals surface area contributed by atoms with E-state index in [1.54, 1.807) is 0 Å². The van der Waals surface area contributed by atoms with Crippen molar-refractivity contribution in [1.29, 1.82) is 0 Å². The summed E-state index contributed by atoms with van der Waals surface area (Å²) in [6.45, 7) is 10.1. The maximum Gasteiger partial charge on any atom is 0.0185 e. The van der Waals surface area contributed by atoms with Gasteiger partial charge in [0.25, 0.3) is 0 Å².